The lowest BCUT2D eigenvalue weighted by Crippen LogP contribution is -2.32. The summed E-state index contributed by atoms with van der Waals surface area (Å²) in [6.45, 7) is 6.23. The Bertz CT molecular complexity index is 433. The second kappa shape index (κ2) is 5.98. The zero-order chi connectivity index (χ0) is 12.1. The highest BCUT2D eigenvalue weighted by Crippen LogP contribution is 2.08. The smallest absolute Gasteiger partial charge is 0.0560 e. The van der Waals surface area contributed by atoms with E-state index >= 15 is 0 Å². The summed E-state index contributed by atoms with van der Waals surface area (Å²) >= 11 is 1.82. The van der Waals surface area contributed by atoms with Gasteiger partial charge >= 0.3 is 0 Å². The van der Waals surface area contributed by atoms with Gasteiger partial charge in [0.15, 0.2) is 0 Å². The summed E-state index contributed by atoms with van der Waals surface area (Å²) in [4.78, 5) is 1.44. The summed E-state index contributed by atoms with van der Waals surface area (Å²) in [7, 11) is 0. The number of rotatable bonds is 6. The van der Waals surface area contributed by atoms with E-state index < -0.39 is 0 Å². The zero-order valence-corrected chi connectivity index (χ0v) is 11.2. The molecule has 0 radical (unpaired) electrons. The average Bonchev–Trinajstić information content (AvgIpc) is 2.90. The Morgan fingerprint density at radius 3 is 3.06 bits per heavy atom. The fraction of sp³-hybridized carbons (Fsp3) is 0.462. The maximum Gasteiger partial charge on any atom is 0.0560 e. The molecular weight excluding hydrogens is 230 g/mol. The van der Waals surface area contributed by atoms with E-state index in [1.807, 2.05) is 22.2 Å². The zero-order valence-electron chi connectivity index (χ0n) is 10.4. The molecule has 92 valence electrons. The van der Waals surface area contributed by atoms with E-state index in [2.05, 4.69) is 48.0 Å². The standard InChI is InChI=1S/C13H19N3S/c1-11-8-15-16(9-11)10-12(2)14-6-5-13-4-3-7-17-13/h3-4,7-9,12,14H,5-6,10H2,1-2H3/t12-/m0/s1. The predicted molar refractivity (Wildman–Crippen MR) is 72.5 cm³/mol. The second-order valence-corrected chi connectivity index (χ2v) is 5.46. The first kappa shape index (κ1) is 12.3. The minimum Gasteiger partial charge on any atom is -0.312 e. The number of thiophene rings is 1. The maximum absolute atomic E-state index is 4.29. The molecule has 0 aliphatic carbocycles. The number of nitrogens with zero attached hydrogens (tertiary/aromatic N) is 2. The maximum atomic E-state index is 4.29. The van der Waals surface area contributed by atoms with Crippen molar-refractivity contribution in [3.8, 4) is 0 Å². The highest BCUT2D eigenvalue weighted by atomic mass is 32.1. The summed E-state index contributed by atoms with van der Waals surface area (Å²) in [6.07, 6.45) is 5.09. The molecule has 0 spiro atoms. The topological polar surface area (TPSA) is 29.9 Å². The highest BCUT2D eigenvalue weighted by molar-refractivity contribution is 7.09. The van der Waals surface area contributed by atoms with Crippen LogP contribution in [0.3, 0.4) is 0 Å². The third-order valence-corrected chi connectivity index (χ3v) is 3.60. The molecule has 2 heterocycles. The van der Waals surface area contributed by atoms with Crippen molar-refractivity contribution in [2.45, 2.75) is 32.9 Å². The van der Waals surface area contributed by atoms with Crippen LogP contribution in [0, 0.1) is 6.92 Å². The van der Waals surface area contributed by atoms with Crippen molar-refractivity contribution < 1.29 is 0 Å². The molecule has 3 nitrogen and oxygen atoms in total. The van der Waals surface area contributed by atoms with Crippen molar-refractivity contribution in [3.05, 3.63) is 40.3 Å². The molecule has 1 N–H and O–H groups in total. The van der Waals surface area contributed by atoms with E-state index in [0.29, 0.717) is 6.04 Å². The molecule has 0 bridgehead atoms. The van der Waals surface area contributed by atoms with Gasteiger partial charge in [0.2, 0.25) is 0 Å². The Hall–Kier alpha value is -1.13. The third-order valence-electron chi connectivity index (χ3n) is 2.67. The Balaban J connectivity index is 1.69. The summed E-state index contributed by atoms with van der Waals surface area (Å²) < 4.78 is 2.00. The van der Waals surface area contributed by atoms with Crippen LogP contribution in [0.4, 0.5) is 0 Å². The van der Waals surface area contributed by atoms with Crippen molar-refractivity contribution in [1.29, 1.82) is 0 Å². The average molecular weight is 249 g/mol. The van der Waals surface area contributed by atoms with Gasteiger partial charge in [0.1, 0.15) is 0 Å². The molecule has 1 atom stereocenters. The van der Waals surface area contributed by atoms with Gasteiger partial charge in [-0.05, 0) is 37.3 Å². The largest absolute Gasteiger partial charge is 0.312 e. The van der Waals surface area contributed by atoms with Gasteiger partial charge in [0.05, 0.1) is 12.7 Å². The molecule has 0 saturated carbocycles. The molecule has 4 heteroatoms. The van der Waals surface area contributed by atoms with Crippen LogP contribution >= 0.6 is 11.3 Å². The van der Waals surface area contributed by atoms with Crippen LogP contribution in [0.5, 0.6) is 0 Å². The highest BCUT2D eigenvalue weighted by Gasteiger charge is 2.03. The van der Waals surface area contributed by atoms with Crippen molar-refractivity contribution in [1.82, 2.24) is 15.1 Å². The van der Waals surface area contributed by atoms with E-state index in [9.17, 15) is 0 Å². The van der Waals surface area contributed by atoms with Crippen LogP contribution in [0.2, 0.25) is 0 Å². The van der Waals surface area contributed by atoms with Crippen LogP contribution in [0.1, 0.15) is 17.4 Å². The molecule has 0 aromatic carbocycles. The first-order chi connectivity index (χ1) is 8.24. The van der Waals surface area contributed by atoms with Crippen LogP contribution in [-0.4, -0.2) is 22.4 Å². The fourth-order valence-corrected chi connectivity index (χ4v) is 2.52. The lowest BCUT2D eigenvalue weighted by molar-refractivity contribution is 0.454. The minimum atomic E-state index is 0.453. The summed E-state index contributed by atoms with van der Waals surface area (Å²) in [6, 6.07) is 4.75. The molecule has 2 aromatic rings. The Morgan fingerprint density at radius 1 is 1.53 bits per heavy atom. The monoisotopic (exact) mass is 249 g/mol. The van der Waals surface area contributed by atoms with Crippen molar-refractivity contribution in [2.24, 2.45) is 0 Å². The number of aryl methyl sites for hydroxylation is 1. The second-order valence-electron chi connectivity index (χ2n) is 4.42. The molecule has 2 aromatic heterocycles. The minimum absolute atomic E-state index is 0.453. The lowest BCUT2D eigenvalue weighted by atomic mass is 10.3. The molecule has 0 aliphatic heterocycles. The molecule has 0 aliphatic rings. The Kier molecular flexibility index (Phi) is 4.34. The summed E-state index contributed by atoms with van der Waals surface area (Å²) in [5.41, 5.74) is 1.22. The SMILES string of the molecule is Cc1cnn(C[C@H](C)NCCc2cccs2)c1. The van der Waals surface area contributed by atoms with E-state index in [1.54, 1.807) is 0 Å². The first-order valence-electron chi connectivity index (χ1n) is 5.99. The number of hydrogen-bond acceptors (Lipinski definition) is 3. The Morgan fingerprint density at radius 2 is 2.41 bits per heavy atom. The van der Waals surface area contributed by atoms with Crippen LogP contribution in [0.15, 0.2) is 29.9 Å². The third kappa shape index (κ3) is 3.98. The molecular formula is C13H19N3S. The molecule has 2 rings (SSSR count). The normalized spacial score (nSPS) is 12.8. The quantitative estimate of drug-likeness (QED) is 0.852. The van der Waals surface area contributed by atoms with E-state index in [0.717, 1.165) is 19.5 Å². The van der Waals surface area contributed by atoms with Gasteiger partial charge < -0.3 is 5.32 Å². The van der Waals surface area contributed by atoms with Crippen LogP contribution < -0.4 is 5.32 Å². The van der Waals surface area contributed by atoms with Gasteiger partial charge in [-0.25, -0.2) is 0 Å². The van der Waals surface area contributed by atoms with Gasteiger partial charge in [-0.1, -0.05) is 6.07 Å². The van der Waals surface area contributed by atoms with Crippen LogP contribution in [-0.2, 0) is 13.0 Å². The molecule has 0 fully saturated rings. The van der Waals surface area contributed by atoms with Gasteiger partial charge in [-0.15, -0.1) is 11.3 Å². The predicted octanol–water partition coefficient (Wildman–Crippen LogP) is 2.47. The molecule has 0 unspecified atom stereocenters. The van der Waals surface area contributed by atoms with Gasteiger partial charge in [0.25, 0.3) is 0 Å². The Labute approximate surface area is 106 Å². The van der Waals surface area contributed by atoms with Crippen molar-refractivity contribution in [2.75, 3.05) is 6.54 Å². The van der Waals surface area contributed by atoms with Gasteiger partial charge in [-0.3, -0.25) is 4.68 Å². The number of aromatic nitrogens is 2. The summed E-state index contributed by atoms with van der Waals surface area (Å²) in [5.74, 6) is 0. The van der Waals surface area contributed by atoms with E-state index in [1.165, 1.54) is 10.4 Å². The van der Waals surface area contributed by atoms with Gasteiger partial charge in [-0.2, -0.15) is 5.10 Å². The van der Waals surface area contributed by atoms with Crippen molar-refractivity contribution in [3.63, 3.8) is 0 Å². The number of nitrogens with one attached hydrogen (secondary N) is 1. The van der Waals surface area contributed by atoms with Crippen molar-refractivity contribution >= 4 is 11.3 Å². The van der Waals surface area contributed by atoms with Crippen LogP contribution in [0.25, 0.3) is 0 Å². The van der Waals surface area contributed by atoms with E-state index in [-0.39, 0.29) is 0 Å². The number of hydrogen-bond donors (Lipinski definition) is 1. The fourth-order valence-electron chi connectivity index (χ4n) is 1.81. The first-order valence-corrected chi connectivity index (χ1v) is 6.87. The molecule has 0 saturated heterocycles. The molecule has 0 amide bonds. The molecule has 17 heavy (non-hydrogen) atoms. The lowest BCUT2D eigenvalue weighted by Gasteiger charge is -2.13. The summed E-state index contributed by atoms with van der Waals surface area (Å²) in [5, 5.41) is 9.95. The van der Waals surface area contributed by atoms with Gasteiger partial charge in [0, 0.05) is 23.7 Å². The van der Waals surface area contributed by atoms with E-state index in [4.69, 9.17) is 0 Å².